The van der Waals surface area contributed by atoms with Crippen molar-refractivity contribution >= 4 is 21.5 Å². The van der Waals surface area contributed by atoms with Crippen LogP contribution >= 0.6 is 0 Å². The minimum Gasteiger partial charge on any atom is -0.478 e. The predicted molar refractivity (Wildman–Crippen MR) is 129 cm³/mol. The van der Waals surface area contributed by atoms with E-state index >= 15 is 0 Å². The highest BCUT2D eigenvalue weighted by Gasteiger charge is 2.35. The minimum atomic E-state index is -4.07. The molecule has 5 rings (SSSR count). The number of aliphatic imine (C=N–C) groups is 1. The molecule has 1 aliphatic rings. The van der Waals surface area contributed by atoms with E-state index in [1.807, 2.05) is 24.3 Å². The summed E-state index contributed by atoms with van der Waals surface area (Å²) in [6.07, 6.45) is 0. The summed E-state index contributed by atoms with van der Waals surface area (Å²) < 4.78 is 34.3. The summed E-state index contributed by atoms with van der Waals surface area (Å²) in [5.41, 5.74) is 1.87. The largest absolute Gasteiger partial charge is 0.478 e. The number of sulfone groups is 1. The number of benzene rings is 3. The molecule has 8 heteroatoms. The molecule has 0 amide bonds. The second-order valence-corrected chi connectivity index (χ2v) is 9.63. The molecule has 0 N–H and O–H groups in total. The molecule has 0 radical (unpaired) electrons. The first kappa shape index (κ1) is 21.8. The van der Waals surface area contributed by atoms with Crippen LogP contribution in [0.15, 0.2) is 101 Å². The van der Waals surface area contributed by atoms with Gasteiger partial charge < -0.3 is 4.74 Å². The molecule has 0 aliphatic carbocycles. The summed E-state index contributed by atoms with van der Waals surface area (Å²) in [6.45, 7) is 0.752. The number of carbonyl (C=O) groups is 1. The predicted octanol–water partition coefficient (Wildman–Crippen LogP) is 3.97. The van der Waals surface area contributed by atoms with Gasteiger partial charge in [-0.05, 0) is 12.1 Å². The van der Waals surface area contributed by atoms with Crippen LogP contribution in [0.4, 0.5) is 0 Å². The minimum absolute atomic E-state index is 0.0276. The fraction of sp³-hybridized carbons (Fsp3) is 0.115. The Morgan fingerprint density at radius 2 is 1.50 bits per heavy atom. The normalized spacial score (nSPS) is 13.4. The number of ether oxygens (including phenoxy) is 1. The maximum atomic E-state index is 13.8. The quantitative estimate of drug-likeness (QED) is 0.381. The fourth-order valence-corrected chi connectivity index (χ4v) is 5.41. The summed E-state index contributed by atoms with van der Waals surface area (Å²) in [4.78, 5) is 18.0. The number of carbonyl (C=O) groups excluding carboxylic acids is 1. The van der Waals surface area contributed by atoms with E-state index < -0.39 is 21.4 Å². The maximum Gasteiger partial charge on any atom is 0.205 e. The van der Waals surface area contributed by atoms with Crippen LogP contribution in [0.25, 0.3) is 16.9 Å². The standard InChI is InChI=1S/C26H21N3O4S/c30-25(20-12-6-2-7-13-20)23-24(19-10-4-1-5-11-19)28-29(21-14-8-3-9-15-21)26(23)34(31,32)18-22-27-16-17-33-22/h1-15H,16-18H2. The van der Waals surface area contributed by atoms with E-state index in [-0.39, 0.29) is 16.5 Å². The van der Waals surface area contributed by atoms with Gasteiger partial charge in [-0.2, -0.15) is 5.10 Å². The molecule has 34 heavy (non-hydrogen) atoms. The highest BCUT2D eigenvalue weighted by Crippen LogP contribution is 2.33. The van der Waals surface area contributed by atoms with Gasteiger partial charge in [0, 0.05) is 11.1 Å². The molecule has 0 spiro atoms. The molecule has 4 aromatic rings. The Balaban J connectivity index is 1.81. The smallest absolute Gasteiger partial charge is 0.205 e. The third-order valence-electron chi connectivity index (χ3n) is 5.41. The lowest BCUT2D eigenvalue weighted by atomic mass is 10.0. The zero-order chi connectivity index (χ0) is 23.5. The zero-order valence-corrected chi connectivity index (χ0v) is 19.0. The van der Waals surface area contributed by atoms with Gasteiger partial charge in [0.2, 0.25) is 9.84 Å². The van der Waals surface area contributed by atoms with Gasteiger partial charge in [0.25, 0.3) is 0 Å². The van der Waals surface area contributed by atoms with Crippen LogP contribution in [-0.2, 0) is 14.6 Å². The van der Waals surface area contributed by atoms with E-state index in [1.165, 1.54) is 4.68 Å². The van der Waals surface area contributed by atoms with Crippen molar-refractivity contribution in [3.63, 3.8) is 0 Å². The van der Waals surface area contributed by atoms with Crippen molar-refractivity contribution in [2.75, 3.05) is 18.9 Å². The van der Waals surface area contributed by atoms with Crippen LogP contribution in [0.5, 0.6) is 0 Å². The fourth-order valence-electron chi connectivity index (χ4n) is 3.87. The van der Waals surface area contributed by atoms with Crippen molar-refractivity contribution in [1.29, 1.82) is 0 Å². The SMILES string of the molecule is O=C(c1ccccc1)c1c(-c2ccccc2)nn(-c2ccccc2)c1S(=O)(=O)CC1=NCCO1. The van der Waals surface area contributed by atoms with Gasteiger partial charge in [-0.25, -0.2) is 13.1 Å². The molecule has 1 aliphatic heterocycles. The second-order valence-electron chi connectivity index (χ2n) is 7.72. The Morgan fingerprint density at radius 1 is 0.882 bits per heavy atom. The van der Waals surface area contributed by atoms with Gasteiger partial charge in [0.15, 0.2) is 16.7 Å². The van der Waals surface area contributed by atoms with Crippen molar-refractivity contribution < 1.29 is 17.9 Å². The average molecular weight is 472 g/mol. The number of hydrogen-bond acceptors (Lipinski definition) is 6. The number of hydrogen-bond donors (Lipinski definition) is 0. The summed E-state index contributed by atoms with van der Waals surface area (Å²) in [7, 11) is -4.07. The number of rotatable bonds is 7. The molecule has 3 aromatic carbocycles. The van der Waals surface area contributed by atoms with Crippen molar-refractivity contribution in [2.45, 2.75) is 5.03 Å². The number of ketones is 1. The maximum absolute atomic E-state index is 13.8. The Labute approximate surface area is 197 Å². The molecule has 0 unspecified atom stereocenters. The average Bonchev–Trinajstić information content (AvgIpc) is 3.53. The van der Waals surface area contributed by atoms with Crippen LogP contribution in [0.3, 0.4) is 0 Å². The molecule has 0 saturated heterocycles. The lowest BCUT2D eigenvalue weighted by molar-refractivity contribution is 0.103. The van der Waals surface area contributed by atoms with Crippen molar-refractivity contribution in [1.82, 2.24) is 9.78 Å². The van der Waals surface area contributed by atoms with Crippen LogP contribution in [0.1, 0.15) is 15.9 Å². The molecule has 170 valence electrons. The third kappa shape index (κ3) is 4.15. The van der Waals surface area contributed by atoms with Crippen LogP contribution in [-0.4, -0.2) is 48.8 Å². The van der Waals surface area contributed by atoms with Gasteiger partial charge in [0.05, 0.1) is 17.8 Å². The number of para-hydroxylation sites is 1. The second kappa shape index (κ2) is 9.07. The Kier molecular flexibility index (Phi) is 5.81. The lowest BCUT2D eigenvalue weighted by Crippen LogP contribution is -2.22. The number of aromatic nitrogens is 2. The molecule has 0 saturated carbocycles. The van der Waals surface area contributed by atoms with E-state index in [2.05, 4.69) is 10.1 Å². The highest BCUT2D eigenvalue weighted by atomic mass is 32.2. The van der Waals surface area contributed by atoms with Crippen LogP contribution in [0.2, 0.25) is 0 Å². The van der Waals surface area contributed by atoms with Crippen molar-refractivity contribution in [3.8, 4) is 16.9 Å². The monoisotopic (exact) mass is 471 g/mol. The molecule has 0 bridgehead atoms. The molecule has 1 aromatic heterocycles. The molecule has 2 heterocycles. The van der Waals surface area contributed by atoms with Crippen molar-refractivity contribution in [3.05, 3.63) is 102 Å². The van der Waals surface area contributed by atoms with Crippen molar-refractivity contribution in [2.24, 2.45) is 4.99 Å². The van der Waals surface area contributed by atoms with Gasteiger partial charge in [-0.1, -0.05) is 78.9 Å². The third-order valence-corrected chi connectivity index (χ3v) is 7.00. The Morgan fingerprint density at radius 3 is 2.12 bits per heavy atom. The Hall–Kier alpha value is -4.04. The van der Waals surface area contributed by atoms with Crippen LogP contribution < -0.4 is 0 Å². The summed E-state index contributed by atoms with van der Waals surface area (Å²) in [5.74, 6) is -0.732. The molecule has 7 nitrogen and oxygen atoms in total. The Bertz CT molecular complexity index is 1460. The highest BCUT2D eigenvalue weighted by molar-refractivity contribution is 7.92. The van der Waals surface area contributed by atoms with E-state index in [0.29, 0.717) is 35.7 Å². The zero-order valence-electron chi connectivity index (χ0n) is 18.2. The van der Waals surface area contributed by atoms with Gasteiger partial charge in [-0.3, -0.25) is 9.79 Å². The summed E-state index contributed by atoms with van der Waals surface area (Å²) in [5, 5.41) is 4.50. The summed E-state index contributed by atoms with van der Waals surface area (Å²) >= 11 is 0. The van der Waals surface area contributed by atoms with Crippen LogP contribution in [0, 0.1) is 0 Å². The molecular formula is C26H21N3O4S. The van der Waals surface area contributed by atoms with E-state index in [0.717, 1.165) is 0 Å². The van der Waals surface area contributed by atoms with Gasteiger partial charge in [0.1, 0.15) is 18.1 Å². The first-order valence-corrected chi connectivity index (χ1v) is 12.4. The van der Waals surface area contributed by atoms with Gasteiger partial charge in [-0.15, -0.1) is 0 Å². The van der Waals surface area contributed by atoms with E-state index in [9.17, 15) is 13.2 Å². The molecular weight excluding hydrogens is 450 g/mol. The number of nitrogens with zero attached hydrogens (tertiary/aromatic N) is 3. The van der Waals surface area contributed by atoms with E-state index in [4.69, 9.17) is 4.74 Å². The summed E-state index contributed by atoms with van der Waals surface area (Å²) in [6, 6.07) is 26.6. The molecule has 0 fully saturated rings. The first-order chi connectivity index (χ1) is 16.5. The molecule has 0 atom stereocenters. The topological polar surface area (TPSA) is 90.6 Å². The van der Waals surface area contributed by atoms with Gasteiger partial charge >= 0.3 is 0 Å². The first-order valence-electron chi connectivity index (χ1n) is 10.8. The van der Waals surface area contributed by atoms with E-state index in [1.54, 1.807) is 66.7 Å². The lowest BCUT2D eigenvalue weighted by Gasteiger charge is -2.11.